The molecule has 1 aliphatic heterocycles. The largest absolute Gasteiger partial charge is 0.480 e. The van der Waals surface area contributed by atoms with Gasteiger partial charge in [-0.15, -0.1) is 0 Å². The first-order valence-electron chi connectivity index (χ1n) is 4.62. The van der Waals surface area contributed by atoms with Crippen molar-refractivity contribution < 1.29 is 9.90 Å². The number of nitrogens with two attached hydrogens (primary N) is 1. The Morgan fingerprint density at radius 1 is 1.73 bits per heavy atom. The van der Waals surface area contributed by atoms with E-state index in [1.54, 1.807) is 0 Å². The van der Waals surface area contributed by atoms with Gasteiger partial charge in [-0.3, -0.25) is 9.36 Å². The molecule has 2 rings (SSSR count). The fraction of sp³-hybridized carbons (Fsp3) is 0.444. The zero-order chi connectivity index (χ0) is 11.2. The number of carbonyl (C=O) groups is 1. The Hall–Kier alpha value is -1.85. The van der Waals surface area contributed by atoms with Crippen LogP contribution in [0.4, 0.5) is 5.69 Å². The lowest BCUT2D eigenvalue weighted by atomic mass is 10.1. The van der Waals surface area contributed by atoms with Crippen LogP contribution >= 0.6 is 0 Å². The Morgan fingerprint density at radius 3 is 3.00 bits per heavy atom. The highest BCUT2D eigenvalue weighted by Crippen LogP contribution is 2.32. The number of hydrogen-bond acceptors (Lipinski definition) is 4. The van der Waals surface area contributed by atoms with E-state index in [-0.39, 0.29) is 11.6 Å². The molecule has 1 aromatic rings. The standard InChI is InChI=1S/C9H11N3O3/c1-4-2-6(9(14)15)12-7(4)11-3-5(10)8(12)13/h3-4,6H,2,10H2,1H3,(H,14,15)/t4-,6+/m1/s1. The van der Waals surface area contributed by atoms with Gasteiger partial charge in [0.25, 0.3) is 5.56 Å². The number of nitrogens with zero attached hydrogens (tertiary/aromatic N) is 2. The number of nitrogen functional groups attached to an aromatic ring is 1. The molecule has 0 unspecified atom stereocenters. The zero-order valence-electron chi connectivity index (χ0n) is 8.17. The maximum Gasteiger partial charge on any atom is 0.326 e. The molecular formula is C9H11N3O3. The lowest BCUT2D eigenvalue weighted by Crippen LogP contribution is -2.29. The molecule has 6 nitrogen and oxygen atoms in total. The predicted octanol–water partition coefficient (Wildman–Crippen LogP) is -0.0416. The third-order valence-electron chi connectivity index (χ3n) is 2.66. The normalized spacial score (nSPS) is 23.8. The van der Waals surface area contributed by atoms with Crippen molar-refractivity contribution in [3.05, 3.63) is 22.4 Å². The van der Waals surface area contributed by atoms with Gasteiger partial charge in [-0.2, -0.15) is 0 Å². The highest BCUT2D eigenvalue weighted by molar-refractivity contribution is 5.72. The average Bonchev–Trinajstić information content (AvgIpc) is 2.50. The first kappa shape index (κ1) is 9.70. The summed E-state index contributed by atoms with van der Waals surface area (Å²) in [4.78, 5) is 26.6. The topological polar surface area (TPSA) is 98.2 Å². The van der Waals surface area contributed by atoms with Crippen molar-refractivity contribution in [1.29, 1.82) is 0 Å². The molecule has 0 bridgehead atoms. The van der Waals surface area contributed by atoms with Gasteiger partial charge in [0, 0.05) is 5.92 Å². The molecule has 80 valence electrons. The molecule has 1 aliphatic rings. The molecule has 0 spiro atoms. The van der Waals surface area contributed by atoms with E-state index in [2.05, 4.69) is 4.98 Å². The smallest absolute Gasteiger partial charge is 0.326 e. The van der Waals surface area contributed by atoms with Gasteiger partial charge in [-0.05, 0) is 6.42 Å². The Bertz CT molecular complexity index is 480. The number of anilines is 1. The van der Waals surface area contributed by atoms with Crippen LogP contribution in [0.5, 0.6) is 0 Å². The van der Waals surface area contributed by atoms with Crippen molar-refractivity contribution in [2.75, 3.05) is 5.73 Å². The molecule has 6 heteroatoms. The van der Waals surface area contributed by atoms with Gasteiger partial charge >= 0.3 is 5.97 Å². The highest BCUT2D eigenvalue weighted by atomic mass is 16.4. The lowest BCUT2D eigenvalue weighted by Gasteiger charge is -2.08. The molecule has 0 aliphatic carbocycles. The highest BCUT2D eigenvalue weighted by Gasteiger charge is 2.35. The molecule has 0 amide bonds. The van der Waals surface area contributed by atoms with E-state index in [9.17, 15) is 9.59 Å². The summed E-state index contributed by atoms with van der Waals surface area (Å²) in [5.41, 5.74) is 4.94. The van der Waals surface area contributed by atoms with Crippen LogP contribution in [-0.2, 0) is 4.79 Å². The van der Waals surface area contributed by atoms with Crippen LogP contribution in [-0.4, -0.2) is 20.6 Å². The average molecular weight is 209 g/mol. The summed E-state index contributed by atoms with van der Waals surface area (Å²) in [7, 11) is 0. The van der Waals surface area contributed by atoms with Crippen LogP contribution in [0.15, 0.2) is 11.0 Å². The number of rotatable bonds is 1. The van der Waals surface area contributed by atoms with Gasteiger partial charge in [-0.25, -0.2) is 9.78 Å². The predicted molar refractivity (Wildman–Crippen MR) is 52.6 cm³/mol. The SMILES string of the molecule is C[C@@H]1C[C@@H](C(=O)O)n2c1ncc(N)c2=O. The third kappa shape index (κ3) is 1.29. The molecule has 3 N–H and O–H groups in total. The molecular weight excluding hydrogens is 198 g/mol. The van der Waals surface area contributed by atoms with Crippen LogP contribution < -0.4 is 11.3 Å². The minimum absolute atomic E-state index is 0.0147. The summed E-state index contributed by atoms with van der Waals surface area (Å²) in [5.74, 6) is -0.545. The van der Waals surface area contributed by atoms with Gasteiger partial charge in [0.05, 0.1) is 6.20 Å². The summed E-state index contributed by atoms with van der Waals surface area (Å²) in [6.45, 7) is 1.84. The van der Waals surface area contributed by atoms with Crippen molar-refractivity contribution in [3.63, 3.8) is 0 Å². The first-order chi connectivity index (χ1) is 7.02. The molecule has 1 aromatic heterocycles. The van der Waals surface area contributed by atoms with Gasteiger partial charge in [0.15, 0.2) is 0 Å². The minimum atomic E-state index is -1.02. The van der Waals surface area contributed by atoms with E-state index < -0.39 is 17.6 Å². The molecule has 0 saturated heterocycles. The van der Waals surface area contributed by atoms with Crippen molar-refractivity contribution in [2.45, 2.75) is 25.3 Å². The Labute approximate surface area is 85.4 Å². The van der Waals surface area contributed by atoms with Gasteiger partial charge < -0.3 is 10.8 Å². The van der Waals surface area contributed by atoms with Crippen molar-refractivity contribution in [1.82, 2.24) is 9.55 Å². The molecule has 15 heavy (non-hydrogen) atoms. The molecule has 2 heterocycles. The van der Waals surface area contributed by atoms with E-state index >= 15 is 0 Å². The molecule has 2 atom stereocenters. The van der Waals surface area contributed by atoms with E-state index in [0.29, 0.717) is 12.2 Å². The Morgan fingerprint density at radius 2 is 2.40 bits per heavy atom. The molecule has 0 fully saturated rings. The van der Waals surface area contributed by atoms with Crippen LogP contribution in [0.3, 0.4) is 0 Å². The van der Waals surface area contributed by atoms with Crippen LogP contribution in [0.1, 0.15) is 31.1 Å². The number of fused-ring (bicyclic) bond motifs is 1. The van der Waals surface area contributed by atoms with E-state index in [0.717, 1.165) is 0 Å². The Balaban J connectivity index is 2.67. The van der Waals surface area contributed by atoms with Crippen LogP contribution in [0.2, 0.25) is 0 Å². The van der Waals surface area contributed by atoms with Gasteiger partial charge in [-0.1, -0.05) is 6.92 Å². The zero-order valence-corrected chi connectivity index (χ0v) is 8.17. The third-order valence-corrected chi connectivity index (χ3v) is 2.66. The summed E-state index contributed by atoms with van der Waals surface area (Å²) >= 11 is 0. The lowest BCUT2D eigenvalue weighted by molar-refractivity contribution is -0.140. The minimum Gasteiger partial charge on any atom is -0.480 e. The fourth-order valence-electron chi connectivity index (χ4n) is 1.92. The quantitative estimate of drug-likeness (QED) is 0.676. The summed E-state index contributed by atoms with van der Waals surface area (Å²) in [6.07, 6.45) is 1.68. The first-order valence-corrected chi connectivity index (χ1v) is 4.62. The second-order valence-corrected chi connectivity index (χ2v) is 3.74. The van der Waals surface area contributed by atoms with E-state index in [1.165, 1.54) is 10.8 Å². The number of carboxylic acid groups (broad SMARTS) is 1. The van der Waals surface area contributed by atoms with Crippen molar-refractivity contribution in [3.8, 4) is 0 Å². The van der Waals surface area contributed by atoms with E-state index in [1.807, 2.05) is 6.92 Å². The van der Waals surface area contributed by atoms with Crippen molar-refractivity contribution in [2.24, 2.45) is 0 Å². The van der Waals surface area contributed by atoms with E-state index in [4.69, 9.17) is 10.8 Å². The van der Waals surface area contributed by atoms with Crippen LogP contribution in [0.25, 0.3) is 0 Å². The summed E-state index contributed by atoms with van der Waals surface area (Å²) in [5, 5.41) is 8.96. The number of aromatic nitrogens is 2. The number of aliphatic carboxylic acids is 1. The maximum absolute atomic E-state index is 11.7. The Kier molecular flexibility index (Phi) is 1.99. The van der Waals surface area contributed by atoms with Gasteiger partial charge in [0.1, 0.15) is 17.6 Å². The van der Waals surface area contributed by atoms with Crippen molar-refractivity contribution >= 4 is 11.7 Å². The number of carboxylic acids is 1. The molecule has 0 radical (unpaired) electrons. The second-order valence-electron chi connectivity index (χ2n) is 3.74. The summed E-state index contributed by atoms with van der Waals surface area (Å²) in [6, 6.07) is -0.835. The maximum atomic E-state index is 11.7. The molecule has 0 aromatic carbocycles. The number of hydrogen-bond donors (Lipinski definition) is 2. The fourth-order valence-corrected chi connectivity index (χ4v) is 1.92. The second kappa shape index (κ2) is 3.08. The molecule has 0 saturated carbocycles. The van der Waals surface area contributed by atoms with Crippen LogP contribution in [0, 0.1) is 0 Å². The van der Waals surface area contributed by atoms with Gasteiger partial charge in [0.2, 0.25) is 0 Å². The summed E-state index contributed by atoms with van der Waals surface area (Å²) < 4.78 is 1.18. The monoisotopic (exact) mass is 209 g/mol.